The summed E-state index contributed by atoms with van der Waals surface area (Å²) in [6, 6.07) is 20.5. The molecule has 31 heavy (non-hydrogen) atoms. The Morgan fingerprint density at radius 2 is 1.65 bits per heavy atom. The van der Waals surface area contributed by atoms with Gasteiger partial charge in [-0.15, -0.1) is 0 Å². The van der Waals surface area contributed by atoms with Crippen LogP contribution >= 0.6 is 0 Å². The Kier molecular flexibility index (Phi) is 6.85. The van der Waals surface area contributed by atoms with Crippen LogP contribution in [0.15, 0.2) is 77.8 Å². The minimum atomic E-state index is -0.478. The largest absolute Gasteiger partial charge is 0.497 e. The van der Waals surface area contributed by atoms with Gasteiger partial charge in [-0.2, -0.15) is 0 Å². The number of carbonyl (C=O) groups is 2. The van der Waals surface area contributed by atoms with Crippen LogP contribution in [-0.4, -0.2) is 32.0 Å². The highest BCUT2D eigenvalue weighted by molar-refractivity contribution is 6.07. The van der Waals surface area contributed by atoms with Crippen molar-refractivity contribution >= 4 is 29.1 Å². The Labute approximate surface area is 179 Å². The van der Waals surface area contributed by atoms with E-state index < -0.39 is 5.91 Å². The molecule has 3 rings (SSSR count). The van der Waals surface area contributed by atoms with Crippen LogP contribution in [0.3, 0.4) is 0 Å². The van der Waals surface area contributed by atoms with Crippen LogP contribution in [0.4, 0.5) is 11.4 Å². The molecule has 0 aliphatic heterocycles. The fourth-order valence-corrected chi connectivity index (χ4v) is 2.78. The van der Waals surface area contributed by atoms with Crippen LogP contribution < -0.4 is 25.8 Å². The molecule has 0 radical (unpaired) electrons. The number of anilines is 1. The summed E-state index contributed by atoms with van der Waals surface area (Å²) in [5.74, 6) is 0.0815. The Morgan fingerprint density at radius 1 is 0.871 bits per heavy atom. The third-order valence-electron chi connectivity index (χ3n) is 4.28. The van der Waals surface area contributed by atoms with E-state index in [0.717, 1.165) is 0 Å². The molecule has 0 unspecified atom stereocenters. The van der Waals surface area contributed by atoms with Crippen molar-refractivity contribution in [1.82, 2.24) is 5.32 Å². The lowest BCUT2D eigenvalue weighted by atomic mass is 10.2. The van der Waals surface area contributed by atoms with Gasteiger partial charge in [0, 0.05) is 17.3 Å². The van der Waals surface area contributed by atoms with Crippen molar-refractivity contribution in [3.05, 3.63) is 83.9 Å². The third-order valence-corrected chi connectivity index (χ3v) is 4.28. The zero-order valence-electron chi connectivity index (χ0n) is 17.1. The molecular weight excluding hydrogens is 396 g/mol. The lowest BCUT2D eigenvalue weighted by molar-refractivity contribution is 0.0972. The molecule has 2 amide bonds. The second-order valence-corrected chi connectivity index (χ2v) is 6.39. The van der Waals surface area contributed by atoms with Gasteiger partial charge in [0.15, 0.2) is 0 Å². The Morgan fingerprint density at radius 3 is 2.35 bits per heavy atom. The molecule has 3 aromatic carbocycles. The summed E-state index contributed by atoms with van der Waals surface area (Å²) >= 11 is 0. The van der Waals surface area contributed by atoms with Crippen molar-refractivity contribution in [2.75, 3.05) is 19.5 Å². The fraction of sp³-hybridized carbons (Fsp3) is 0.0870. The second kappa shape index (κ2) is 9.93. The van der Waals surface area contributed by atoms with E-state index in [1.54, 1.807) is 66.7 Å². The average molecular weight is 418 g/mol. The van der Waals surface area contributed by atoms with Gasteiger partial charge in [0.1, 0.15) is 11.5 Å². The first-order valence-corrected chi connectivity index (χ1v) is 9.34. The van der Waals surface area contributed by atoms with E-state index in [9.17, 15) is 9.59 Å². The molecule has 3 aromatic rings. The maximum absolute atomic E-state index is 12.5. The highest BCUT2D eigenvalue weighted by Gasteiger charge is 2.14. The number of carbonyl (C=O) groups excluding carboxylic acids is 2. The average Bonchev–Trinajstić information content (AvgIpc) is 2.79. The summed E-state index contributed by atoms with van der Waals surface area (Å²) in [6.07, 6.45) is 0. The standard InChI is InChI=1S/C23H22N4O4/c1-30-18-11-12-19(20(14-18)31-2)22(29)27-23(24)26-17-10-6-9-16(13-17)25-21(28)15-7-4-3-5-8-15/h3-14H,1-2H3,(H,25,28)(H3,24,26,27,29). The molecule has 0 fully saturated rings. The molecule has 0 bridgehead atoms. The van der Waals surface area contributed by atoms with Crippen LogP contribution in [0, 0.1) is 0 Å². The number of hydrogen-bond donors (Lipinski definition) is 3. The minimum Gasteiger partial charge on any atom is -0.497 e. The predicted octanol–water partition coefficient (Wildman–Crippen LogP) is 3.33. The Bertz CT molecular complexity index is 1110. The molecule has 0 saturated heterocycles. The summed E-state index contributed by atoms with van der Waals surface area (Å²) in [4.78, 5) is 29.1. The first-order valence-electron chi connectivity index (χ1n) is 9.34. The molecule has 158 valence electrons. The van der Waals surface area contributed by atoms with Gasteiger partial charge in [0.05, 0.1) is 25.5 Å². The lowest BCUT2D eigenvalue weighted by Crippen LogP contribution is -2.36. The summed E-state index contributed by atoms with van der Waals surface area (Å²) in [7, 11) is 2.98. The molecular formula is C23H22N4O4. The number of nitrogens with two attached hydrogens (primary N) is 1. The first kappa shape index (κ1) is 21.4. The highest BCUT2D eigenvalue weighted by atomic mass is 16.5. The van der Waals surface area contributed by atoms with E-state index in [2.05, 4.69) is 15.6 Å². The van der Waals surface area contributed by atoms with Crippen molar-refractivity contribution in [2.45, 2.75) is 0 Å². The van der Waals surface area contributed by atoms with Crippen LogP contribution in [0.5, 0.6) is 11.5 Å². The highest BCUT2D eigenvalue weighted by Crippen LogP contribution is 2.24. The van der Waals surface area contributed by atoms with Gasteiger partial charge in [-0.1, -0.05) is 24.3 Å². The van der Waals surface area contributed by atoms with Gasteiger partial charge in [-0.3, -0.25) is 14.9 Å². The van der Waals surface area contributed by atoms with Crippen molar-refractivity contribution in [2.24, 2.45) is 10.7 Å². The van der Waals surface area contributed by atoms with Crippen LogP contribution in [0.1, 0.15) is 20.7 Å². The van der Waals surface area contributed by atoms with Gasteiger partial charge in [-0.05, 0) is 42.5 Å². The van der Waals surface area contributed by atoms with Crippen molar-refractivity contribution in [3.8, 4) is 11.5 Å². The molecule has 8 nitrogen and oxygen atoms in total. The maximum atomic E-state index is 12.5. The fourth-order valence-electron chi connectivity index (χ4n) is 2.78. The first-order chi connectivity index (χ1) is 15.0. The van der Waals surface area contributed by atoms with Gasteiger partial charge >= 0.3 is 0 Å². The van der Waals surface area contributed by atoms with Crippen LogP contribution in [-0.2, 0) is 0 Å². The van der Waals surface area contributed by atoms with Gasteiger partial charge < -0.3 is 20.5 Å². The van der Waals surface area contributed by atoms with Crippen LogP contribution in [0.2, 0.25) is 0 Å². The molecule has 0 aromatic heterocycles. The third kappa shape index (κ3) is 5.60. The number of amides is 2. The quantitative estimate of drug-likeness (QED) is 0.420. The number of aliphatic imine (C=N–C) groups is 1. The number of guanidine groups is 1. The summed E-state index contributed by atoms with van der Waals surface area (Å²) < 4.78 is 10.4. The molecule has 0 spiro atoms. The molecule has 0 aliphatic rings. The van der Waals surface area contributed by atoms with Crippen molar-refractivity contribution < 1.29 is 19.1 Å². The zero-order valence-corrected chi connectivity index (χ0v) is 17.1. The zero-order chi connectivity index (χ0) is 22.2. The molecule has 8 heteroatoms. The van der Waals surface area contributed by atoms with Crippen molar-refractivity contribution in [3.63, 3.8) is 0 Å². The number of hydrogen-bond acceptors (Lipinski definition) is 5. The minimum absolute atomic E-state index is 0.102. The number of ether oxygens (including phenoxy) is 2. The monoisotopic (exact) mass is 418 g/mol. The molecule has 0 heterocycles. The molecule has 4 N–H and O–H groups in total. The van der Waals surface area contributed by atoms with E-state index in [1.807, 2.05) is 6.07 Å². The number of nitrogens with one attached hydrogen (secondary N) is 2. The van der Waals surface area contributed by atoms with E-state index in [0.29, 0.717) is 28.4 Å². The van der Waals surface area contributed by atoms with Crippen LogP contribution in [0.25, 0.3) is 0 Å². The predicted molar refractivity (Wildman–Crippen MR) is 119 cm³/mol. The van der Waals surface area contributed by atoms with Gasteiger partial charge in [0.25, 0.3) is 11.8 Å². The smallest absolute Gasteiger partial charge is 0.261 e. The van der Waals surface area contributed by atoms with Crippen molar-refractivity contribution in [1.29, 1.82) is 0 Å². The van der Waals surface area contributed by atoms with E-state index >= 15 is 0 Å². The summed E-state index contributed by atoms with van der Waals surface area (Å²) in [6.45, 7) is 0. The Hall–Kier alpha value is -4.33. The molecule has 0 aliphatic carbocycles. The summed E-state index contributed by atoms with van der Waals surface area (Å²) in [5, 5.41) is 5.32. The van der Waals surface area contributed by atoms with E-state index in [1.165, 1.54) is 14.2 Å². The topological polar surface area (TPSA) is 115 Å². The maximum Gasteiger partial charge on any atom is 0.261 e. The van der Waals surface area contributed by atoms with E-state index in [4.69, 9.17) is 15.2 Å². The SMILES string of the molecule is COc1ccc(C(=O)NC(N)=Nc2cccc(NC(=O)c3ccccc3)c2)c(OC)c1. The molecule has 0 saturated carbocycles. The van der Waals surface area contributed by atoms with Gasteiger partial charge in [0.2, 0.25) is 5.96 Å². The van der Waals surface area contributed by atoms with Gasteiger partial charge in [-0.25, -0.2) is 4.99 Å². The number of benzene rings is 3. The molecule has 0 atom stereocenters. The summed E-state index contributed by atoms with van der Waals surface area (Å²) in [5.41, 5.74) is 7.73. The normalized spacial score (nSPS) is 10.8. The lowest BCUT2D eigenvalue weighted by Gasteiger charge is -2.10. The number of methoxy groups -OCH3 is 2. The Balaban J connectivity index is 1.71. The number of rotatable bonds is 6. The number of nitrogens with zero attached hydrogens (tertiary/aromatic N) is 1. The van der Waals surface area contributed by atoms with E-state index in [-0.39, 0.29) is 17.4 Å². The second-order valence-electron chi connectivity index (χ2n) is 6.39.